The summed E-state index contributed by atoms with van der Waals surface area (Å²) in [5, 5.41) is 2.97. The minimum atomic E-state index is -0.106. The quantitative estimate of drug-likeness (QED) is 0.866. The Labute approximate surface area is 160 Å². The summed E-state index contributed by atoms with van der Waals surface area (Å²) in [5.41, 5.74) is 3.64. The van der Waals surface area contributed by atoms with Gasteiger partial charge in [-0.3, -0.25) is 9.59 Å². The van der Waals surface area contributed by atoms with E-state index in [-0.39, 0.29) is 24.3 Å². The SMILES string of the molecule is Cc1ccc(C(CC(=O)Nc2cccc3c2OCC(=O)N3C)C(C)C)cc1. The molecule has 5 nitrogen and oxygen atoms in total. The lowest BCUT2D eigenvalue weighted by molar-refractivity contribution is -0.121. The van der Waals surface area contributed by atoms with Crippen molar-refractivity contribution < 1.29 is 14.3 Å². The van der Waals surface area contributed by atoms with Crippen LogP contribution in [0.5, 0.6) is 5.75 Å². The predicted octanol–water partition coefficient (Wildman–Crippen LogP) is 4.12. The highest BCUT2D eigenvalue weighted by Crippen LogP contribution is 2.38. The molecular weight excluding hydrogens is 340 g/mol. The third-order valence-electron chi connectivity index (χ3n) is 5.06. The van der Waals surface area contributed by atoms with E-state index in [2.05, 4.69) is 50.4 Å². The number of likely N-dealkylation sites (N-methyl/N-ethyl adjacent to an activating group) is 1. The van der Waals surface area contributed by atoms with Crippen molar-refractivity contribution in [3.63, 3.8) is 0 Å². The van der Waals surface area contributed by atoms with Crippen molar-refractivity contribution in [3.8, 4) is 5.75 Å². The Morgan fingerprint density at radius 3 is 2.56 bits per heavy atom. The molecule has 2 aromatic carbocycles. The number of carbonyl (C=O) groups is 2. The Kier molecular flexibility index (Phi) is 5.49. The Morgan fingerprint density at radius 2 is 1.89 bits per heavy atom. The first-order valence-corrected chi connectivity index (χ1v) is 9.25. The predicted molar refractivity (Wildman–Crippen MR) is 107 cm³/mol. The summed E-state index contributed by atoms with van der Waals surface area (Å²) in [5.74, 6) is 0.846. The monoisotopic (exact) mass is 366 g/mol. The summed E-state index contributed by atoms with van der Waals surface area (Å²) in [6, 6.07) is 13.8. The van der Waals surface area contributed by atoms with Crippen LogP contribution in [-0.2, 0) is 9.59 Å². The number of hydrogen-bond acceptors (Lipinski definition) is 3. The summed E-state index contributed by atoms with van der Waals surface area (Å²) in [6.45, 7) is 6.30. The average molecular weight is 366 g/mol. The number of nitrogens with one attached hydrogen (secondary N) is 1. The second kappa shape index (κ2) is 7.82. The molecule has 0 aromatic heterocycles. The van der Waals surface area contributed by atoms with E-state index >= 15 is 0 Å². The maximum Gasteiger partial charge on any atom is 0.264 e. The first kappa shape index (κ1) is 19.0. The number of anilines is 2. The molecule has 0 fully saturated rings. The molecule has 2 amide bonds. The van der Waals surface area contributed by atoms with E-state index in [1.807, 2.05) is 12.1 Å². The fourth-order valence-electron chi connectivity index (χ4n) is 3.36. The molecule has 142 valence electrons. The lowest BCUT2D eigenvalue weighted by Crippen LogP contribution is -2.35. The number of amides is 2. The first-order valence-electron chi connectivity index (χ1n) is 9.25. The van der Waals surface area contributed by atoms with E-state index < -0.39 is 0 Å². The van der Waals surface area contributed by atoms with Gasteiger partial charge in [0.1, 0.15) is 0 Å². The van der Waals surface area contributed by atoms with Crippen molar-refractivity contribution in [3.05, 3.63) is 53.6 Å². The lowest BCUT2D eigenvalue weighted by atomic mass is 9.85. The Hall–Kier alpha value is -2.82. The van der Waals surface area contributed by atoms with Crippen molar-refractivity contribution in [2.45, 2.75) is 33.1 Å². The van der Waals surface area contributed by atoms with Crippen molar-refractivity contribution in [2.24, 2.45) is 5.92 Å². The second-order valence-corrected chi connectivity index (χ2v) is 7.41. The molecule has 2 aromatic rings. The molecule has 0 radical (unpaired) electrons. The van der Waals surface area contributed by atoms with Crippen LogP contribution in [0.1, 0.15) is 37.3 Å². The Balaban J connectivity index is 1.77. The molecule has 1 aliphatic rings. The van der Waals surface area contributed by atoms with Crippen LogP contribution < -0.4 is 15.0 Å². The minimum Gasteiger partial charge on any atom is -0.479 e. The Bertz CT molecular complexity index is 843. The van der Waals surface area contributed by atoms with Gasteiger partial charge in [-0.25, -0.2) is 0 Å². The van der Waals surface area contributed by atoms with Crippen LogP contribution >= 0.6 is 0 Å². The van der Waals surface area contributed by atoms with E-state index in [0.717, 1.165) is 0 Å². The van der Waals surface area contributed by atoms with Gasteiger partial charge in [-0.05, 0) is 36.5 Å². The molecule has 1 atom stereocenters. The summed E-state index contributed by atoms with van der Waals surface area (Å²) in [4.78, 5) is 26.1. The van der Waals surface area contributed by atoms with Gasteiger partial charge in [-0.15, -0.1) is 0 Å². The van der Waals surface area contributed by atoms with Gasteiger partial charge in [-0.1, -0.05) is 49.7 Å². The molecule has 5 heteroatoms. The fourth-order valence-corrected chi connectivity index (χ4v) is 3.36. The molecule has 3 rings (SSSR count). The van der Waals surface area contributed by atoms with E-state index in [9.17, 15) is 9.59 Å². The van der Waals surface area contributed by atoms with Gasteiger partial charge in [0.2, 0.25) is 5.91 Å². The zero-order valence-corrected chi connectivity index (χ0v) is 16.3. The van der Waals surface area contributed by atoms with Crippen molar-refractivity contribution in [2.75, 3.05) is 23.9 Å². The number of rotatable bonds is 5. The van der Waals surface area contributed by atoms with Crippen LogP contribution in [-0.4, -0.2) is 25.5 Å². The standard InChI is InChI=1S/C22H26N2O3/c1-14(2)17(16-10-8-15(3)9-11-16)12-20(25)23-18-6-5-7-19-22(18)27-13-21(26)24(19)4/h5-11,14,17H,12-13H2,1-4H3,(H,23,25). The van der Waals surface area contributed by atoms with Gasteiger partial charge in [0, 0.05) is 13.5 Å². The normalized spacial score (nSPS) is 14.6. The average Bonchev–Trinajstić information content (AvgIpc) is 2.64. The summed E-state index contributed by atoms with van der Waals surface area (Å²) < 4.78 is 5.58. The molecule has 0 saturated heterocycles. The van der Waals surface area contributed by atoms with Crippen molar-refractivity contribution in [1.29, 1.82) is 0 Å². The first-order chi connectivity index (χ1) is 12.9. The van der Waals surface area contributed by atoms with Gasteiger partial charge in [0.15, 0.2) is 12.4 Å². The molecule has 0 spiro atoms. The maximum absolute atomic E-state index is 12.8. The van der Waals surface area contributed by atoms with E-state index in [0.29, 0.717) is 29.5 Å². The van der Waals surface area contributed by atoms with E-state index in [4.69, 9.17) is 4.74 Å². The zero-order chi connectivity index (χ0) is 19.6. The number of aryl methyl sites for hydroxylation is 1. The van der Waals surface area contributed by atoms with Crippen molar-refractivity contribution in [1.82, 2.24) is 0 Å². The molecule has 1 unspecified atom stereocenters. The molecule has 0 aliphatic carbocycles. The van der Waals surface area contributed by atoms with Crippen LogP contribution in [0, 0.1) is 12.8 Å². The van der Waals surface area contributed by atoms with Gasteiger partial charge >= 0.3 is 0 Å². The topological polar surface area (TPSA) is 58.6 Å². The smallest absolute Gasteiger partial charge is 0.264 e. The van der Waals surface area contributed by atoms with Gasteiger partial charge in [0.25, 0.3) is 5.91 Å². The second-order valence-electron chi connectivity index (χ2n) is 7.41. The zero-order valence-electron chi connectivity index (χ0n) is 16.3. The van der Waals surface area contributed by atoms with Crippen molar-refractivity contribution >= 4 is 23.2 Å². The van der Waals surface area contributed by atoms with Gasteiger partial charge in [-0.2, -0.15) is 0 Å². The number of fused-ring (bicyclic) bond motifs is 1. The van der Waals surface area contributed by atoms with Crippen LogP contribution in [0.3, 0.4) is 0 Å². The molecule has 1 N–H and O–H groups in total. The van der Waals surface area contributed by atoms with E-state index in [1.54, 1.807) is 18.0 Å². The highest BCUT2D eigenvalue weighted by molar-refractivity contribution is 6.01. The lowest BCUT2D eigenvalue weighted by Gasteiger charge is -2.28. The van der Waals surface area contributed by atoms with Gasteiger partial charge < -0.3 is 15.0 Å². The third-order valence-corrected chi connectivity index (χ3v) is 5.06. The Morgan fingerprint density at radius 1 is 1.19 bits per heavy atom. The van der Waals surface area contributed by atoms with Crippen LogP contribution in [0.2, 0.25) is 0 Å². The number of para-hydroxylation sites is 1. The highest BCUT2D eigenvalue weighted by atomic mass is 16.5. The molecule has 0 saturated carbocycles. The molecule has 27 heavy (non-hydrogen) atoms. The fraction of sp³-hybridized carbons (Fsp3) is 0.364. The number of ether oxygens (including phenoxy) is 1. The highest BCUT2D eigenvalue weighted by Gasteiger charge is 2.26. The van der Waals surface area contributed by atoms with Crippen LogP contribution in [0.25, 0.3) is 0 Å². The van der Waals surface area contributed by atoms with Crippen LogP contribution in [0.15, 0.2) is 42.5 Å². The summed E-state index contributed by atoms with van der Waals surface area (Å²) in [6.07, 6.45) is 0.388. The molecular formula is C22H26N2O3. The van der Waals surface area contributed by atoms with E-state index in [1.165, 1.54) is 11.1 Å². The maximum atomic E-state index is 12.8. The minimum absolute atomic E-state index is 0.0195. The number of hydrogen-bond donors (Lipinski definition) is 1. The number of nitrogens with zero attached hydrogens (tertiary/aromatic N) is 1. The largest absolute Gasteiger partial charge is 0.479 e. The molecule has 0 bridgehead atoms. The molecule has 1 heterocycles. The molecule has 1 aliphatic heterocycles. The summed E-state index contributed by atoms with van der Waals surface area (Å²) in [7, 11) is 1.71. The number of benzene rings is 2. The van der Waals surface area contributed by atoms with Gasteiger partial charge in [0.05, 0.1) is 11.4 Å². The number of carbonyl (C=O) groups excluding carboxylic acids is 2. The third kappa shape index (κ3) is 4.13. The summed E-state index contributed by atoms with van der Waals surface area (Å²) >= 11 is 0. The van der Waals surface area contributed by atoms with Crippen LogP contribution in [0.4, 0.5) is 11.4 Å².